The minimum Gasteiger partial charge on any atom is -0.456 e. The fourth-order valence-corrected chi connectivity index (χ4v) is 7.97. The number of hydrogen-bond acceptors (Lipinski definition) is 6. The minimum atomic E-state index is -0.614. The van der Waals surface area contributed by atoms with Gasteiger partial charge < -0.3 is 10.1 Å². The van der Waals surface area contributed by atoms with Crippen LogP contribution in [0.5, 0.6) is 0 Å². The number of nitrogens with zero attached hydrogens (tertiary/aromatic N) is 1. The normalized spacial score (nSPS) is 14.7. The van der Waals surface area contributed by atoms with E-state index >= 15 is 0 Å². The second-order valence-electron chi connectivity index (χ2n) is 10.9. The Kier molecular flexibility index (Phi) is 7.60. The molecular weight excluding hydrogens is 514 g/mol. The van der Waals surface area contributed by atoms with Crippen LogP contribution in [0.1, 0.15) is 88.8 Å². The first-order valence-electron chi connectivity index (χ1n) is 13.3. The number of nitriles is 1. The van der Waals surface area contributed by atoms with Crippen LogP contribution >= 0.6 is 22.7 Å². The van der Waals surface area contributed by atoms with Gasteiger partial charge in [-0.05, 0) is 107 Å². The van der Waals surface area contributed by atoms with E-state index in [0.717, 1.165) is 66.5 Å². The maximum absolute atomic E-state index is 13.2. The van der Waals surface area contributed by atoms with Gasteiger partial charge in [0, 0.05) is 21.2 Å². The minimum absolute atomic E-state index is 0.333. The average Bonchev–Trinajstić information content (AvgIpc) is 3.44. The van der Waals surface area contributed by atoms with Crippen LogP contribution in [0, 0.1) is 11.3 Å². The molecule has 0 spiro atoms. The number of amides is 2. The lowest BCUT2D eigenvalue weighted by atomic mass is 9.93. The lowest BCUT2D eigenvalue weighted by Crippen LogP contribution is -2.30. The monoisotopic (exact) mass is 547 g/mol. The van der Waals surface area contributed by atoms with E-state index in [4.69, 9.17) is 4.74 Å². The molecule has 0 saturated heterocycles. The Morgan fingerprint density at radius 1 is 1.00 bits per heavy atom. The van der Waals surface area contributed by atoms with Gasteiger partial charge in [-0.15, -0.1) is 22.7 Å². The molecule has 5 rings (SSSR count). The number of rotatable bonds is 5. The number of benzene rings is 1. The quantitative estimate of drug-likeness (QED) is 0.326. The van der Waals surface area contributed by atoms with E-state index in [-0.39, 0.29) is 12.0 Å². The first kappa shape index (κ1) is 26.5. The van der Waals surface area contributed by atoms with Crippen LogP contribution in [0.2, 0.25) is 0 Å². The summed E-state index contributed by atoms with van der Waals surface area (Å²) in [6, 6.07) is 9.57. The number of anilines is 1. The topological polar surface area (TPSA) is 91.2 Å². The molecular formula is C30H33N3O3S2. The van der Waals surface area contributed by atoms with E-state index in [2.05, 4.69) is 16.7 Å². The lowest BCUT2D eigenvalue weighted by molar-refractivity contribution is 0.00699. The van der Waals surface area contributed by atoms with Gasteiger partial charge in [-0.2, -0.15) is 5.26 Å². The number of ether oxygens (including phenoxy) is 1. The number of aryl methyl sites for hydroxylation is 2. The Morgan fingerprint density at radius 3 is 2.39 bits per heavy atom. The summed E-state index contributed by atoms with van der Waals surface area (Å²) in [5.74, 6) is -0.376. The van der Waals surface area contributed by atoms with Gasteiger partial charge >= 0.3 is 12.0 Å². The van der Waals surface area contributed by atoms with E-state index in [1.807, 2.05) is 45.0 Å². The third-order valence-corrected chi connectivity index (χ3v) is 9.55. The van der Waals surface area contributed by atoms with Crippen LogP contribution in [0.3, 0.4) is 0 Å². The molecule has 0 saturated carbocycles. The highest BCUT2D eigenvalue weighted by molar-refractivity contribution is 7.17. The number of hydrogen-bond donors (Lipinski definition) is 2. The van der Waals surface area contributed by atoms with Crippen molar-refractivity contribution >= 4 is 39.7 Å². The van der Waals surface area contributed by atoms with Crippen molar-refractivity contribution in [2.45, 2.75) is 84.3 Å². The zero-order chi connectivity index (χ0) is 26.9. The molecule has 0 bridgehead atoms. The van der Waals surface area contributed by atoms with Gasteiger partial charge in [0.2, 0.25) is 0 Å². The second kappa shape index (κ2) is 10.9. The number of carbonyl (C=O) groups excluding carboxylic acids is 2. The SMILES string of the molecule is CC(C)(C)OC(=O)c1c(NC(=O)NCc2c(-c3cccc(C#N)c3)sc3c2CCCC3)sc2c1CCCC2. The fraction of sp³-hybridized carbons (Fsp3) is 0.433. The number of thiophene rings is 2. The first-order valence-corrected chi connectivity index (χ1v) is 14.9. The molecule has 0 fully saturated rings. The van der Waals surface area contributed by atoms with E-state index in [1.54, 1.807) is 11.3 Å². The summed E-state index contributed by atoms with van der Waals surface area (Å²) in [6.45, 7) is 5.95. The molecule has 38 heavy (non-hydrogen) atoms. The van der Waals surface area contributed by atoms with Gasteiger partial charge in [0.25, 0.3) is 0 Å². The van der Waals surface area contributed by atoms with Crippen LogP contribution in [0.15, 0.2) is 24.3 Å². The van der Waals surface area contributed by atoms with Crippen molar-refractivity contribution in [2.75, 3.05) is 5.32 Å². The highest BCUT2D eigenvalue weighted by Crippen LogP contribution is 2.41. The molecule has 2 aromatic heterocycles. The summed E-state index contributed by atoms with van der Waals surface area (Å²) < 4.78 is 5.71. The Hall–Kier alpha value is -3.15. The molecule has 2 amide bonds. The smallest absolute Gasteiger partial charge is 0.341 e. The fourth-order valence-electron chi connectivity index (χ4n) is 5.30. The molecule has 198 valence electrons. The molecule has 8 heteroatoms. The van der Waals surface area contributed by atoms with Gasteiger partial charge in [0.05, 0.1) is 17.2 Å². The largest absolute Gasteiger partial charge is 0.456 e. The highest BCUT2D eigenvalue weighted by Gasteiger charge is 2.30. The van der Waals surface area contributed by atoms with Gasteiger partial charge in [0.15, 0.2) is 0 Å². The summed E-state index contributed by atoms with van der Waals surface area (Å²) in [5.41, 5.74) is 5.03. The third-order valence-electron chi connectivity index (χ3n) is 6.96. The van der Waals surface area contributed by atoms with Crippen LogP contribution in [-0.4, -0.2) is 17.6 Å². The van der Waals surface area contributed by atoms with Crippen LogP contribution in [0.25, 0.3) is 10.4 Å². The summed E-state index contributed by atoms with van der Waals surface area (Å²) in [5, 5.41) is 16.0. The summed E-state index contributed by atoms with van der Waals surface area (Å²) >= 11 is 3.27. The van der Waals surface area contributed by atoms with E-state index in [9.17, 15) is 14.9 Å². The van der Waals surface area contributed by atoms with Crippen molar-refractivity contribution in [2.24, 2.45) is 0 Å². The number of carbonyl (C=O) groups is 2. The van der Waals surface area contributed by atoms with E-state index in [1.165, 1.54) is 33.1 Å². The van der Waals surface area contributed by atoms with Crippen molar-refractivity contribution in [3.05, 3.63) is 61.8 Å². The number of esters is 1. The molecule has 0 radical (unpaired) electrons. The van der Waals surface area contributed by atoms with Crippen molar-refractivity contribution < 1.29 is 14.3 Å². The van der Waals surface area contributed by atoms with Crippen molar-refractivity contribution in [3.63, 3.8) is 0 Å². The van der Waals surface area contributed by atoms with Gasteiger partial charge in [0.1, 0.15) is 10.6 Å². The standard InChI is InChI=1S/C30H33N3O3S2/c1-30(2,3)36-28(34)25-21-12-5-7-14-24(21)38-27(25)33-29(35)32-17-22-20-11-4-6-13-23(20)37-26(22)19-10-8-9-18(15-19)16-31/h8-10,15H,4-7,11-14,17H2,1-3H3,(H2,32,33,35). The van der Waals surface area contributed by atoms with E-state index < -0.39 is 5.60 Å². The molecule has 6 nitrogen and oxygen atoms in total. The molecule has 2 aliphatic carbocycles. The van der Waals surface area contributed by atoms with Crippen molar-refractivity contribution in [1.29, 1.82) is 5.26 Å². The third kappa shape index (κ3) is 5.64. The predicted octanol–water partition coefficient (Wildman–Crippen LogP) is 7.38. The van der Waals surface area contributed by atoms with Gasteiger partial charge in [-0.1, -0.05) is 12.1 Å². The molecule has 3 aromatic rings. The maximum Gasteiger partial charge on any atom is 0.341 e. The second-order valence-corrected chi connectivity index (χ2v) is 13.1. The Labute approximate surface area is 232 Å². The van der Waals surface area contributed by atoms with Crippen LogP contribution < -0.4 is 10.6 Å². The van der Waals surface area contributed by atoms with Crippen LogP contribution in [-0.2, 0) is 37.0 Å². The average molecular weight is 548 g/mol. The molecule has 2 aliphatic rings. The highest BCUT2D eigenvalue weighted by atomic mass is 32.1. The molecule has 0 aliphatic heterocycles. The zero-order valence-corrected chi connectivity index (χ0v) is 23.8. The Morgan fingerprint density at radius 2 is 1.68 bits per heavy atom. The van der Waals surface area contributed by atoms with Gasteiger partial charge in [-0.3, -0.25) is 5.32 Å². The summed E-state index contributed by atoms with van der Waals surface area (Å²) in [4.78, 5) is 30.0. The molecule has 1 aromatic carbocycles. The lowest BCUT2D eigenvalue weighted by Gasteiger charge is -2.21. The predicted molar refractivity (Wildman–Crippen MR) is 153 cm³/mol. The number of fused-ring (bicyclic) bond motifs is 2. The number of nitrogens with one attached hydrogen (secondary N) is 2. The first-order chi connectivity index (χ1) is 18.2. The molecule has 2 N–H and O–H groups in total. The molecule has 0 atom stereocenters. The number of urea groups is 1. The van der Waals surface area contributed by atoms with Crippen molar-refractivity contribution in [1.82, 2.24) is 5.32 Å². The molecule has 2 heterocycles. The van der Waals surface area contributed by atoms with E-state index in [0.29, 0.717) is 22.7 Å². The molecule has 0 unspecified atom stereocenters. The zero-order valence-electron chi connectivity index (χ0n) is 22.2. The Balaban J connectivity index is 1.39. The summed E-state index contributed by atoms with van der Waals surface area (Å²) in [6.07, 6.45) is 8.24. The summed E-state index contributed by atoms with van der Waals surface area (Å²) in [7, 11) is 0. The Bertz CT molecular complexity index is 1420. The van der Waals surface area contributed by atoms with Crippen LogP contribution in [0.4, 0.5) is 9.80 Å². The van der Waals surface area contributed by atoms with Gasteiger partial charge in [-0.25, -0.2) is 9.59 Å². The maximum atomic E-state index is 13.2. The van der Waals surface area contributed by atoms with Crippen molar-refractivity contribution in [3.8, 4) is 16.5 Å².